The van der Waals surface area contributed by atoms with Gasteiger partial charge in [-0.2, -0.15) is 32.1 Å². The number of nitrogens with zero attached hydrogens (tertiary/aromatic N) is 5. The third-order valence-electron chi connectivity index (χ3n) is 3.43. The molecule has 13 heteroatoms. The summed E-state index contributed by atoms with van der Waals surface area (Å²) in [5, 5.41) is 8.21. The Kier molecular flexibility index (Phi) is 4.86. The van der Waals surface area contributed by atoms with Gasteiger partial charge < -0.3 is 5.32 Å². The van der Waals surface area contributed by atoms with Crippen molar-refractivity contribution in [1.29, 1.82) is 0 Å². The van der Waals surface area contributed by atoms with Crippen LogP contribution in [0.15, 0.2) is 34.1 Å². The average Bonchev–Trinajstić information content (AvgIpc) is 3.25. The second kappa shape index (κ2) is 6.81. The van der Waals surface area contributed by atoms with Gasteiger partial charge in [0, 0.05) is 26.2 Å². The Morgan fingerprint density at radius 1 is 1.38 bits per heavy atom. The number of nitrogens with one attached hydrogen (secondary N) is 1. The fourth-order valence-corrected chi connectivity index (χ4v) is 4.48. The molecular weight excluding hydrogens is 393 g/mol. The number of aromatic nitrogens is 4. The van der Waals surface area contributed by atoms with Gasteiger partial charge in [0.15, 0.2) is 5.69 Å². The molecule has 0 bridgehead atoms. The lowest BCUT2D eigenvalue weighted by Gasteiger charge is -2.17. The highest BCUT2D eigenvalue weighted by atomic mass is 32.2. The molecule has 3 aromatic rings. The van der Waals surface area contributed by atoms with Crippen LogP contribution in [0.25, 0.3) is 5.78 Å². The minimum absolute atomic E-state index is 0.0155. The van der Waals surface area contributed by atoms with E-state index in [0.29, 0.717) is 0 Å². The van der Waals surface area contributed by atoms with Crippen LogP contribution in [0, 0.1) is 0 Å². The highest BCUT2D eigenvalue weighted by molar-refractivity contribution is 7.91. The van der Waals surface area contributed by atoms with Crippen LogP contribution in [0.2, 0.25) is 0 Å². The van der Waals surface area contributed by atoms with Gasteiger partial charge in [-0.05, 0) is 11.4 Å². The van der Waals surface area contributed by atoms with Gasteiger partial charge in [0.05, 0.1) is 0 Å². The molecule has 0 atom stereocenters. The Morgan fingerprint density at radius 2 is 2.15 bits per heavy atom. The molecule has 0 aromatic carbocycles. The van der Waals surface area contributed by atoms with Crippen LogP contribution in [0.1, 0.15) is 5.69 Å². The van der Waals surface area contributed by atoms with Gasteiger partial charge in [0.25, 0.3) is 15.8 Å². The summed E-state index contributed by atoms with van der Waals surface area (Å²) < 4.78 is 65.9. The lowest BCUT2D eigenvalue weighted by atomic mass is 10.3. The van der Waals surface area contributed by atoms with Crippen molar-refractivity contribution >= 4 is 33.0 Å². The third-order valence-corrected chi connectivity index (χ3v) is 6.66. The van der Waals surface area contributed by atoms with E-state index < -0.39 is 21.9 Å². The second-order valence-electron chi connectivity index (χ2n) is 5.18. The van der Waals surface area contributed by atoms with E-state index in [0.717, 1.165) is 32.6 Å². The standard InChI is InChI=1S/C13H13F3N6O2S2/c1-21(26(23,24)11-3-2-6-25-11)5-4-17-10-7-9(13(14,15)16)20-12-18-8-19-22(10)12/h2-3,6-8,17H,4-5H2,1H3. The van der Waals surface area contributed by atoms with Crippen LogP contribution in [0.5, 0.6) is 0 Å². The van der Waals surface area contributed by atoms with Crippen molar-refractivity contribution in [3.05, 3.63) is 35.6 Å². The van der Waals surface area contributed by atoms with Gasteiger partial charge >= 0.3 is 6.18 Å². The van der Waals surface area contributed by atoms with Crippen molar-refractivity contribution in [3.63, 3.8) is 0 Å². The predicted molar refractivity (Wildman–Crippen MR) is 88.4 cm³/mol. The van der Waals surface area contributed by atoms with Crippen molar-refractivity contribution in [2.45, 2.75) is 10.4 Å². The molecule has 0 saturated carbocycles. The Balaban J connectivity index is 1.75. The number of sulfonamides is 1. The molecule has 3 heterocycles. The van der Waals surface area contributed by atoms with Crippen molar-refractivity contribution < 1.29 is 21.6 Å². The smallest absolute Gasteiger partial charge is 0.369 e. The molecular formula is C13H13F3N6O2S2. The van der Waals surface area contributed by atoms with E-state index in [4.69, 9.17) is 0 Å². The third kappa shape index (κ3) is 3.64. The number of likely N-dealkylation sites (N-methyl/N-ethyl adjacent to an activating group) is 1. The lowest BCUT2D eigenvalue weighted by Crippen LogP contribution is -2.31. The van der Waals surface area contributed by atoms with Gasteiger partial charge in [0.2, 0.25) is 0 Å². The van der Waals surface area contributed by atoms with E-state index >= 15 is 0 Å². The van der Waals surface area contributed by atoms with E-state index in [1.165, 1.54) is 13.1 Å². The molecule has 0 fully saturated rings. The largest absolute Gasteiger partial charge is 0.433 e. The van der Waals surface area contributed by atoms with Crippen molar-refractivity contribution in [3.8, 4) is 0 Å². The van der Waals surface area contributed by atoms with Crippen molar-refractivity contribution in [1.82, 2.24) is 23.9 Å². The SMILES string of the molecule is CN(CCNc1cc(C(F)(F)F)nc2ncnn12)S(=O)(=O)c1cccs1. The molecule has 26 heavy (non-hydrogen) atoms. The summed E-state index contributed by atoms with van der Waals surface area (Å²) in [6, 6.07) is 3.91. The lowest BCUT2D eigenvalue weighted by molar-refractivity contribution is -0.141. The molecule has 0 aliphatic carbocycles. The molecule has 3 rings (SSSR count). The van der Waals surface area contributed by atoms with Crippen LogP contribution in [0.3, 0.4) is 0 Å². The molecule has 1 N–H and O–H groups in total. The molecule has 140 valence electrons. The fourth-order valence-electron chi connectivity index (χ4n) is 2.11. The maximum atomic E-state index is 12.9. The Morgan fingerprint density at radius 3 is 2.81 bits per heavy atom. The molecule has 8 nitrogen and oxygen atoms in total. The zero-order valence-corrected chi connectivity index (χ0v) is 14.9. The normalized spacial score (nSPS) is 12.8. The summed E-state index contributed by atoms with van der Waals surface area (Å²) in [6.45, 7) is 0.109. The predicted octanol–water partition coefficient (Wildman–Crippen LogP) is 1.94. The first-order valence-electron chi connectivity index (χ1n) is 7.21. The summed E-state index contributed by atoms with van der Waals surface area (Å²) in [5.41, 5.74) is -1.11. The molecule has 0 unspecified atom stereocenters. The number of rotatable bonds is 6. The first-order valence-corrected chi connectivity index (χ1v) is 9.53. The molecule has 3 aromatic heterocycles. The molecule has 0 aliphatic heterocycles. The maximum absolute atomic E-state index is 12.9. The Bertz CT molecular complexity index is 1000. The topological polar surface area (TPSA) is 92.5 Å². The summed E-state index contributed by atoms with van der Waals surface area (Å²) in [7, 11) is -2.23. The van der Waals surface area contributed by atoms with E-state index in [-0.39, 0.29) is 28.9 Å². The van der Waals surface area contributed by atoms with E-state index in [2.05, 4.69) is 20.4 Å². The summed E-state index contributed by atoms with van der Waals surface area (Å²) in [4.78, 5) is 7.07. The molecule has 0 amide bonds. The summed E-state index contributed by atoms with van der Waals surface area (Å²) in [6.07, 6.45) is -3.55. The number of hydrogen-bond donors (Lipinski definition) is 1. The number of halogens is 3. The molecule has 0 saturated heterocycles. The number of fused-ring (bicyclic) bond motifs is 1. The number of thiophene rings is 1. The first-order chi connectivity index (χ1) is 12.2. The number of anilines is 1. The first kappa shape index (κ1) is 18.5. The fraction of sp³-hybridized carbons (Fsp3) is 0.308. The van der Waals surface area contributed by atoms with Crippen LogP contribution >= 0.6 is 11.3 Å². The monoisotopic (exact) mass is 406 g/mol. The van der Waals surface area contributed by atoms with Gasteiger partial charge in [-0.15, -0.1) is 11.3 Å². The average molecular weight is 406 g/mol. The van der Waals surface area contributed by atoms with Gasteiger partial charge in [0.1, 0.15) is 16.4 Å². The Labute approximate surface area is 150 Å². The molecule has 0 aliphatic rings. The van der Waals surface area contributed by atoms with Crippen LogP contribution in [0.4, 0.5) is 19.0 Å². The van der Waals surface area contributed by atoms with Crippen molar-refractivity contribution in [2.24, 2.45) is 0 Å². The van der Waals surface area contributed by atoms with Gasteiger partial charge in [-0.25, -0.2) is 13.4 Å². The zero-order valence-electron chi connectivity index (χ0n) is 13.3. The van der Waals surface area contributed by atoms with Crippen molar-refractivity contribution in [2.75, 3.05) is 25.5 Å². The Hall–Kier alpha value is -2.25. The second-order valence-corrected chi connectivity index (χ2v) is 8.40. The summed E-state index contributed by atoms with van der Waals surface area (Å²) in [5.74, 6) is -0.191. The quantitative estimate of drug-likeness (QED) is 0.673. The van der Waals surface area contributed by atoms with E-state index in [1.807, 2.05) is 0 Å². The van der Waals surface area contributed by atoms with E-state index in [9.17, 15) is 21.6 Å². The maximum Gasteiger partial charge on any atom is 0.433 e. The van der Waals surface area contributed by atoms with Crippen LogP contribution in [-0.4, -0.2) is 52.4 Å². The zero-order chi connectivity index (χ0) is 18.9. The van der Waals surface area contributed by atoms with Crippen LogP contribution in [-0.2, 0) is 16.2 Å². The highest BCUT2D eigenvalue weighted by Crippen LogP contribution is 2.29. The minimum Gasteiger partial charge on any atom is -0.369 e. The molecule has 0 radical (unpaired) electrons. The van der Waals surface area contributed by atoms with E-state index in [1.54, 1.807) is 11.4 Å². The molecule has 0 spiro atoms. The number of alkyl halides is 3. The van der Waals surface area contributed by atoms with Gasteiger partial charge in [-0.1, -0.05) is 6.07 Å². The summed E-state index contributed by atoms with van der Waals surface area (Å²) >= 11 is 1.09. The number of hydrogen-bond acceptors (Lipinski definition) is 7. The minimum atomic E-state index is -4.64. The van der Waals surface area contributed by atoms with Crippen LogP contribution < -0.4 is 5.32 Å². The highest BCUT2D eigenvalue weighted by Gasteiger charge is 2.34. The van der Waals surface area contributed by atoms with Gasteiger partial charge in [-0.3, -0.25) is 0 Å².